The first-order valence-corrected chi connectivity index (χ1v) is 10.8. The van der Waals surface area contributed by atoms with Crippen LogP contribution in [0.1, 0.15) is 24.2 Å². The molecule has 160 valence electrons. The molecule has 1 atom stereocenters. The molecule has 2 amide bonds. The summed E-state index contributed by atoms with van der Waals surface area (Å²) in [6, 6.07) is 12.0. The third kappa shape index (κ3) is 6.67. The van der Waals surface area contributed by atoms with Crippen molar-refractivity contribution >= 4 is 46.8 Å². The average Bonchev–Trinajstić information content (AvgIpc) is 2.69. The monoisotopic (exact) mass is 450 g/mol. The van der Waals surface area contributed by atoms with Crippen molar-refractivity contribution in [1.82, 2.24) is 5.32 Å². The Hall–Kier alpha value is -2.71. The van der Waals surface area contributed by atoms with Gasteiger partial charge in [0, 0.05) is 22.0 Å². The summed E-state index contributed by atoms with van der Waals surface area (Å²) in [7, 11) is 0. The van der Waals surface area contributed by atoms with Crippen LogP contribution >= 0.6 is 23.4 Å². The minimum Gasteiger partial charge on any atom is -0.480 e. The maximum absolute atomic E-state index is 12.5. The molecular weight excluding hydrogens is 428 g/mol. The number of benzene rings is 2. The number of carboxylic acid groups (broad SMARTS) is 1. The number of halogens is 1. The highest BCUT2D eigenvalue weighted by atomic mass is 35.5. The molecule has 0 radical (unpaired) electrons. The Labute approximate surface area is 184 Å². The van der Waals surface area contributed by atoms with Crippen molar-refractivity contribution in [1.29, 1.82) is 0 Å². The van der Waals surface area contributed by atoms with E-state index in [0.717, 1.165) is 0 Å². The fourth-order valence-corrected chi connectivity index (χ4v) is 3.11. The summed E-state index contributed by atoms with van der Waals surface area (Å²) < 4.78 is 5.74. The van der Waals surface area contributed by atoms with Gasteiger partial charge in [-0.15, -0.1) is 0 Å². The number of anilines is 1. The lowest BCUT2D eigenvalue weighted by molar-refractivity contribution is -0.144. The van der Waals surface area contributed by atoms with Crippen molar-refractivity contribution in [2.75, 3.05) is 17.3 Å². The third-order valence-corrected chi connectivity index (χ3v) is 4.99. The van der Waals surface area contributed by atoms with Crippen molar-refractivity contribution in [2.24, 2.45) is 0 Å². The Bertz CT molecular complexity index is 901. The van der Waals surface area contributed by atoms with Gasteiger partial charge in [-0.05, 0) is 68.6 Å². The summed E-state index contributed by atoms with van der Waals surface area (Å²) >= 11 is 7.15. The molecule has 2 aromatic rings. The van der Waals surface area contributed by atoms with Crippen LogP contribution < -0.4 is 15.4 Å². The smallest absolute Gasteiger partial charge is 0.327 e. The highest BCUT2D eigenvalue weighted by Gasteiger charge is 2.33. The van der Waals surface area contributed by atoms with Gasteiger partial charge in [-0.25, -0.2) is 4.79 Å². The SMILES string of the molecule is CSCC(NC(=O)C(C)(C)Oc1ccc(NC(=O)c2ccc(Cl)cc2)cc1)C(=O)O. The minimum atomic E-state index is -1.29. The van der Waals surface area contributed by atoms with E-state index in [1.54, 1.807) is 68.6 Å². The van der Waals surface area contributed by atoms with Crippen molar-refractivity contribution in [3.05, 3.63) is 59.1 Å². The first-order chi connectivity index (χ1) is 14.1. The number of carbonyl (C=O) groups is 3. The largest absolute Gasteiger partial charge is 0.480 e. The Morgan fingerprint density at radius 2 is 1.70 bits per heavy atom. The van der Waals surface area contributed by atoms with Gasteiger partial charge in [0.05, 0.1) is 0 Å². The molecule has 30 heavy (non-hydrogen) atoms. The molecule has 0 heterocycles. The van der Waals surface area contributed by atoms with E-state index in [1.807, 2.05) is 0 Å². The number of ether oxygens (including phenoxy) is 1. The van der Waals surface area contributed by atoms with Gasteiger partial charge in [-0.3, -0.25) is 9.59 Å². The zero-order valence-corrected chi connectivity index (χ0v) is 18.3. The Morgan fingerprint density at radius 3 is 2.23 bits per heavy atom. The molecule has 2 rings (SSSR count). The molecule has 0 aliphatic heterocycles. The predicted octanol–water partition coefficient (Wildman–Crippen LogP) is 3.68. The van der Waals surface area contributed by atoms with E-state index in [4.69, 9.17) is 16.3 Å². The normalized spacial score (nSPS) is 12.0. The van der Waals surface area contributed by atoms with Crippen LogP contribution in [-0.4, -0.2) is 46.5 Å². The van der Waals surface area contributed by atoms with Crippen molar-refractivity contribution in [3.8, 4) is 5.75 Å². The number of carbonyl (C=O) groups excluding carboxylic acids is 2. The summed E-state index contributed by atoms with van der Waals surface area (Å²) in [5, 5.41) is 15.0. The van der Waals surface area contributed by atoms with Crippen LogP contribution in [0.2, 0.25) is 5.02 Å². The molecule has 7 nitrogen and oxygen atoms in total. The van der Waals surface area contributed by atoms with Crippen molar-refractivity contribution in [3.63, 3.8) is 0 Å². The van der Waals surface area contributed by atoms with Crippen LogP contribution in [0, 0.1) is 0 Å². The summed E-state index contributed by atoms with van der Waals surface area (Å²) in [5.41, 5.74) is -0.272. The van der Waals surface area contributed by atoms with E-state index in [9.17, 15) is 19.5 Å². The second kappa shape index (κ2) is 10.4. The molecule has 0 saturated carbocycles. The maximum atomic E-state index is 12.5. The number of thioether (sulfide) groups is 1. The lowest BCUT2D eigenvalue weighted by Gasteiger charge is -2.27. The number of aliphatic carboxylic acids is 1. The molecule has 0 aliphatic rings. The minimum absolute atomic E-state index is 0.249. The molecule has 0 aromatic heterocycles. The summed E-state index contributed by atoms with van der Waals surface area (Å²) in [5.74, 6) is -1.28. The van der Waals surface area contributed by atoms with Crippen LogP contribution in [0.3, 0.4) is 0 Å². The average molecular weight is 451 g/mol. The highest BCUT2D eigenvalue weighted by Crippen LogP contribution is 2.22. The van der Waals surface area contributed by atoms with E-state index in [0.29, 0.717) is 22.0 Å². The Kier molecular flexibility index (Phi) is 8.14. The molecule has 0 aliphatic carbocycles. The zero-order valence-electron chi connectivity index (χ0n) is 16.8. The van der Waals surface area contributed by atoms with E-state index in [-0.39, 0.29) is 11.7 Å². The second-order valence-electron chi connectivity index (χ2n) is 6.92. The van der Waals surface area contributed by atoms with Crippen LogP contribution in [0.25, 0.3) is 0 Å². The van der Waals surface area contributed by atoms with Crippen molar-refractivity contribution in [2.45, 2.75) is 25.5 Å². The van der Waals surface area contributed by atoms with Crippen LogP contribution in [0.4, 0.5) is 5.69 Å². The summed E-state index contributed by atoms with van der Waals surface area (Å²) in [4.78, 5) is 36.0. The van der Waals surface area contributed by atoms with E-state index in [2.05, 4.69) is 10.6 Å². The summed E-state index contributed by atoms with van der Waals surface area (Å²) in [6.07, 6.45) is 1.76. The Balaban J connectivity index is 1.99. The quantitative estimate of drug-likeness (QED) is 0.538. The van der Waals surface area contributed by atoms with Crippen molar-refractivity contribution < 1.29 is 24.2 Å². The molecule has 0 saturated heterocycles. The highest BCUT2D eigenvalue weighted by molar-refractivity contribution is 7.98. The zero-order chi connectivity index (χ0) is 22.3. The second-order valence-corrected chi connectivity index (χ2v) is 8.26. The number of amides is 2. The number of hydrogen-bond acceptors (Lipinski definition) is 5. The summed E-state index contributed by atoms with van der Waals surface area (Å²) in [6.45, 7) is 3.10. The fraction of sp³-hybridized carbons (Fsp3) is 0.286. The standard InChI is InChI=1S/C21H23ClN2O5S/c1-21(2,20(28)24-17(12-30-3)19(26)27)29-16-10-8-15(9-11-16)23-18(25)13-4-6-14(22)7-5-13/h4-11,17H,12H2,1-3H3,(H,23,25)(H,24,28)(H,26,27). The maximum Gasteiger partial charge on any atom is 0.327 e. The van der Waals surface area contributed by atoms with E-state index < -0.39 is 23.5 Å². The molecule has 3 N–H and O–H groups in total. The van der Waals surface area contributed by atoms with Gasteiger partial charge in [0.2, 0.25) is 0 Å². The van der Waals surface area contributed by atoms with Crippen LogP contribution in [-0.2, 0) is 9.59 Å². The predicted molar refractivity (Wildman–Crippen MR) is 119 cm³/mol. The van der Waals surface area contributed by atoms with Gasteiger partial charge >= 0.3 is 5.97 Å². The first-order valence-electron chi connectivity index (χ1n) is 9.01. The lowest BCUT2D eigenvalue weighted by Crippen LogP contribution is -2.53. The van der Waals surface area contributed by atoms with Gasteiger partial charge in [0.25, 0.3) is 11.8 Å². The molecule has 0 spiro atoms. The van der Waals surface area contributed by atoms with Crippen LogP contribution in [0.5, 0.6) is 5.75 Å². The molecular formula is C21H23ClN2O5S. The fourth-order valence-electron chi connectivity index (χ4n) is 2.43. The van der Waals surface area contributed by atoms with E-state index in [1.165, 1.54) is 11.8 Å². The van der Waals surface area contributed by atoms with Gasteiger partial charge < -0.3 is 20.5 Å². The number of hydrogen-bond donors (Lipinski definition) is 3. The third-order valence-electron chi connectivity index (χ3n) is 4.08. The topological polar surface area (TPSA) is 105 Å². The molecule has 2 aromatic carbocycles. The van der Waals surface area contributed by atoms with Crippen LogP contribution in [0.15, 0.2) is 48.5 Å². The number of carboxylic acids is 1. The number of nitrogens with one attached hydrogen (secondary N) is 2. The molecule has 9 heteroatoms. The van der Waals surface area contributed by atoms with E-state index >= 15 is 0 Å². The lowest BCUT2D eigenvalue weighted by atomic mass is 10.1. The van der Waals surface area contributed by atoms with Gasteiger partial charge in [-0.2, -0.15) is 11.8 Å². The van der Waals surface area contributed by atoms with Gasteiger partial charge in [0.1, 0.15) is 11.8 Å². The van der Waals surface area contributed by atoms with Gasteiger partial charge in [-0.1, -0.05) is 11.6 Å². The van der Waals surface area contributed by atoms with Gasteiger partial charge in [0.15, 0.2) is 5.60 Å². The Morgan fingerprint density at radius 1 is 1.10 bits per heavy atom. The molecule has 1 unspecified atom stereocenters. The molecule has 0 fully saturated rings. The number of rotatable bonds is 9. The molecule has 0 bridgehead atoms. The first kappa shape index (κ1) is 23.6.